The first-order chi connectivity index (χ1) is 8.06. The maximum atomic E-state index is 11.5. The Bertz CT molecular complexity index is 441. The van der Waals surface area contributed by atoms with Gasteiger partial charge in [0, 0.05) is 11.8 Å². The molecule has 2 aliphatic heterocycles. The van der Waals surface area contributed by atoms with E-state index in [-0.39, 0.29) is 23.3 Å². The summed E-state index contributed by atoms with van der Waals surface area (Å²) < 4.78 is 11.7. The van der Waals surface area contributed by atoms with E-state index in [4.69, 9.17) is 9.47 Å². The second-order valence-electron chi connectivity index (χ2n) is 6.31. The zero-order valence-corrected chi connectivity index (χ0v) is 10.4. The molecule has 4 rings (SSSR count). The fraction of sp³-hybridized carbons (Fsp3) is 0.786. The van der Waals surface area contributed by atoms with Crippen molar-refractivity contribution in [3.8, 4) is 0 Å². The highest BCUT2D eigenvalue weighted by molar-refractivity contribution is 5.72. The molecule has 1 saturated carbocycles. The number of esters is 1. The van der Waals surface area contributed by atoms with Gasteiger partial charge in [-0.05, 0) is 33.1 Å². The van der Waals surface area contributed by atoms with E-state index in [2.05, 4.69) is 19.9 Å². The van der Waals surface area contributed by atoms with E-state index in [1.54, 1.807) is 0 Å². The summed E-state index contributed by atoms with van der Waals surface area (Å²) in [7, 11) is 0. The Hall–Kier alpha value is -0.830. The minimum atomic E-state index is -0.0406. The maximum Gasteiger partial charge on any atom is 0.306 e. The van der Waals surface area contributed by atoms with E-state index in [1.807, 2.05) is 0 Å². The molecule has 0 aromatic carbocycles. The van der Waals surface area contributed by atoms with Gasteiger partial charge in [0.25, 0.3) is 0 Å². The van der Waals surface area contributed by atoms with Gasteiger partial charge in [-0.25, -0.2) is 0 Å². The van der Waals surface area contributed by atoms with Gasteiger partial charge in [0.1, 0.15) is 11.7 Å². The van der Waals surface area contributed by atoms with Crippen molar-refractivity contribution in [2.75, 3.05) is 0 Å². The standard InChI is InChI=1S/C14H18O3/c1-8-3-6-14-11(8)12-9(7-10(15)16-12)4-5-13(14,2)17-14/h3,9,11-12H,4-7H2,1-2H3/t9-,11+,12-,13-,14+/m0/s1. The second kappa shape index (κ2) is 2.77. The van der Waals surface area contributed by atoms with E-state index in [9.17, 15) is 4.79 Å². The molecule has 3 heteroatoms. The van der Waals surface area contributed by atoms with Gasteiger partial charge in [0.2, 0.25) is 0 Å². The first kappa shape index (κ1) is 10.1. The lowest BCUT2D eigenvalue weighted by atomic mass is 9.79. The zero-order valence-electron chi connectivity index (χ0n) is 10.4. The van der Waals surface area contributed by atoms with Crippen LogP contribution in [0.25, 0.3) is 0 Å². The van der Waals surface area contributed by atoms with Crippen molar-refractivity contribution in [1.82, 2.24) is 0 Å². The highest BCUT2D eigenvalue weighted by Gasteiger charge is 2.75. The quantitative estimate of drug-likeness (QED) is 0.366. The highest BCUT2D eigenvalue weighted by Crippen LogP contribution is 2.66. The summed E-state index contributed by atoms with van der Waals surface area (Å²) in [4.78, 5) is 11.5. The van der Waals surface area contributed by atoms with E-state index in [0.717, 1.165) is 19.3 Å². The number of rotatable bonds is 0. The van der Waals surface area contributed by atoms with Crippen molar-refractivity contribution >= 4 is 5.97 Å². The van der Waals surface area contributed by atoms with Crippen LogP contribution in [0.2, 0.25) is 0 Å². The normalized spacial score (nSPS) is 55.3. The van der Waals surface area contributed by atoms with Crippen molar-refractivity contribution in [3.63, 3.8) is 0 Å². The van der Waals surface area contributed by atoms with Gasteiger partial charge in [0.15, 0.2) is 0 Å². The Morgan fingerprint density at radius 2 is 2.29 bits per heavy atom. The molecule has 5 atom stereocenters. The first-order valence-electron chi connectivity index (χ1n) is 6.62. The van der Waals surface area contributed by atoms with Crippen molar-refractivity contribution in [3.05, 3.63) is 11.6 Å². The monoisotopic (exact) mass is 234 g/mol. The Kier molecular flexibility index (Phi) is 1.65. The summed E-state index contributed by atoms with van der Waals surface area (Å²) in [5, 5.41) is 0. The third kappa shape index (κ3) is 1.05. The number of carbonyl (C=O) groups excluding carboxylic acids is 1. The topological polar surface area (TPSA) is 38.8 Å². The molecule has 2 saturated heterocycles. The molecule has 0 amide bonds. The summed E-state index contributed by atoms with van der Waals surface area (Å²) in [5.41, 5.74) is 1.35. The largest absolute Gasteiger partial charge is 0.461 e. The Morgan fingerprint density at radius 3 is 3.12 bits per heavy atom. The first-order valence-corrected chi connectivity index (χ1v) is 6.62. The number of hydrogen-bond donors (Lipinski definition) is 0. The van der Waals surface area contributed by atoms with Gasteiger partial charge >= 0.3 is 5.97 Å². The smallest absolute Gasteiger partial charge is 0.306 e. The van der Waals surface area contributed by atoms with Crippen LogP contribution in [0.15, 0.2) is 11.6 Å². The summed E-state index contributed by atoms with van der Waals surface area (Å²) in [6.45, 7) is 4.39. The number of epoxide rings is 1. The molecule has 2 aliphatic carbocycles. The molecule has 4 aliphatic rings. The van der Waals surface area contributed by atoms with Crippen LogP contribution < -0.4 is 0 Å². The van der Waals surface area contributed by atoms with Gasteiger partial charge < -0.3 is 9.47 Å². The predicted octanol–water partition coefficient (Wildman–Crippen LogP) is 2.21. The van der Waals surface area contributed by atoms with Crippen molar-refractivity contribution < 1.29 is 14.3 Å². The third-order valence-electron chi connectivity index (χ3n) is 5.46. The Morgan fingerprint density at radius 1 is 1.47 bits per heavy atom. The molecule has 2 heterocycles. The van der Waals surface area contributed by atoms with Crippen LogP contribution in [0, 0.1) is 11.8 Å². The number of carbonyl (C=O) groups is 1. The van der Waals surface area contributed by atoms with Crippen molar-refractivity contribution in [2.45, 2.75) is 56.8 Å². The molecule has 92 valence electrons. The molecule has 17 heavy (non-hydrogen) atoms. The molecular weight excluding hydrogens is 216 g/mol. The number of fused-ring (bicyclic) bond motifs is 2. The van der Waals surface area contributed by atoms with Gasteiger partial charge in [0.05, 0.1) is 12.0 Å². The molecular formula is C14H18O3. The number of ether oxygens (including phenoxy) is 2. The van der Waals surface area contributed by atoms with Crippen LogP contribution in [0.5, 0.6) is 0 Å². The summed E-state index contributed by atoms with van der Waals surface area (Å²) in [6, 6.07) is 0. The lowest BCUT2D eigenvalue weighted by molar-refractivity contribution is -0.143. The van der Waals surface area contributed by atoms with Crippen molar-refractivity contribution in [2.24, 2.45) is 11.8 Å². The van der Waals surface area contributed by atoms with E-state index >= 15 is 0 Å². The average molecular weight is 234 g/mol. The van der Waals surface area contributed by atoms with E-state index in [0.29, 0.717) is 18.3 Å². The second-order valence-corrected chi connectivity index (χ2v) is 6.31. The van der Waals surface area contributed by atoms with Crippen LogP contribution in [0.4, 0.5) is 0 Å². The van der Waals surface area contributed by atoms with Crippen LogP contribution in [0.3, 0.4) is 0 Å². The maximum absolute atomic E-state index is 11.5. The lowest BCUT2D eigenvalue weighted by Gasteiger charge is -2.27. The average Bonchev–Trinajstić information content (AvgIpc) is 2.53. The third-order valence-corrected chi connectivity index (χ3v) is 5.46. The van der Waals surface area contributed by atoms with Crippen LogP contribution >= 0.6 is 0 Å². The molecule has 0 unspecified atom stereocenters. The Labute approximate surface area is 101 Å². The molecule has 0 bridgehead atoms. The number of hydrogen-bond acceptors (Lipinski definition) is 3. The minimum Gasteiger partial charge on any atom is -0.461 e. The fourth-order valence-electron chi connectivity index (χ4n) is 4.44. The molecule has 0 aromatic rings. The van der Waals surface area contributed by atoms with Crippen LogP contribution in [0.1, 0.15) is 39.5 Å². The summed E-state index contributed by atoms with van der Waals surface area (Å²) in [6.07, 6.45) is 6.11. The van der Waals surface area contributed by atoms with Gasteiger partial charge in [-0.1, -0.05) is 11.6 Å². The van der Waals surface area contributed by atoms with Crippen LogP contribution in [-0.2, 0) is 14.3 Å². The minimum absolute atomic E-state index is 0.0147. The van der Waals surface area contributed by atoms with Crippen LogP contribution in [-0.4, -0.2) is 23.3 Å². The highest BCUT2D eigenvalue weighted by atomic mass is 16.6. The lowest BCUT2D eigenvalue weighted by Crippen LogP contribution is -2.37. The van der Waals surface area contributed by atoms with E-state index in [1.165, 1.54) is 5.57 Å². The predicted molar refractivity (Wildman–Crippen MR) is 61.3 cm³/mol. The zero-order chi connectivity index (χ0) is 11.8. The summed E-state index contributed by atoms with van der Waals surface area (Å²) in [5.74, 6) is 0.713. The van der Waals surface area contributed by atoms with E-state index < -0.39 is 0 Å². The molecule has 0 N–H and O–H groups in total. The molecule has 3 nitrogen and oxygen atoms in total. The van der Waals surface area contributed by atoms with Gasteiger partial charge in [-0.2, -0.15) is 0 Å². The van der Waals surface area contributed by atoms with Gasteiger partial charge in [-0.3, -0.25) is 4.79 Å². The molecule has 3 fully saturated rings. The molecule has 0 radical (unpaired) electrons. The molecule has 0 aromatic heterocycles. The SMILES string of the molecule is CC1=CC[C@]23O[C@@]2(C)CC[C@H]2CC(=O)O[C@@H]2[C@@H]13. The van der Waals surface area contributed by atoms with Gasteiger partial charge in [-0.15, -0.1) is 0 Å². The van der Waals surface area contributed by atoms with Crippen molar-refractivity contribution in [1.29, 1.82) is 0 Å². The Balaban J connectivity index is 1.78. The fourth-order valence-corrected chi connectivity index (χ4v) is 4.44. The molecule has 1 spiro atoms. The summed E-state index contributed by atoms with van der Waals surface area (Å²) >= 11 is 0.